The molecule has 0 fully saturated rings. The molecule has 0 saturated carbocycles. The smallest absolute Gasteiger partial charge is 0.272 e. The standard InChI is InChI=1S/C24H19FN4O.ClH/c1-28-11-8-17-13-20(3-5-21(17)28)27-24(30)23-14-18-12-19(25)2-4-22(18)29(23)15-16-6-9-26-10-7-16;/h2-14H,15H2,1H3,(H,27,30);1H. The molecule has 2 aromatic carbocycles. The summed E-state index contributed by atoms with van der Waals surface area (Å²) in [5, 5.41) is 4.72. The Hall–Kier alpha value is -3.64. The van der Waals surface area contributed by atoms with Gasteiger partial charge in [0.1, 0.15) is 11.5 Å². The van der Waals surface area contributed by atoms with E-state index in [2.05, 4.69) is 10.3 Å². The molecule has 0 spiro atoms. The lowest BCUT2D eigenvalue weighted by Crippen LogP contribution is -2.17. The number of pyridine rings is 1. The Balaban J connectivity index is 0.00000231. The van der Waals surface area contributed by atoms with Crippen LogP contribution in [0.5, 0.6) is 0 Å². The number of carbonyl (C=O) groups is 1. The lowest BCUT2D eigenvalue weighted by Gasteiger charge is -2.12. The predicted octanol–water partition coefficient (Wildman–Crippen LogP) is 5.39. The minimum absolute atomic E-state index is 0. The maximum Gasteiger partial charge on any atom is 0.272 e. The van der Waals surface area contributed by atoms with Gasteiger partial charge in [-0.3, -0.25) is 9.78 Å². The molecule has 5 rings (SSSR count). The number of carbonyl (C=O) groups excluding carboxylic acids is 1. The Bertz CT molecular complexity index is 1390. The quantitative estimate of drug-likeness (QED) is 0.412. The van der Waals surface area contributed by atoms with E-state index < -0.39 is 0 Å². The van der Waals surface area contributed by atoms with Gasteiger partial charge in [0.2, 0.25) is 0 Å². The zero-order valence-corrected chi connectivity index (χ0v) is 17.6. The molecule has 156 valence electrons. The molecule has 3 heterocycles. The summed E-state index contributed by atoms with van der Waals surface area (Å²) in [4.78, 5) is 17.2. The Morgan fingerprint density at radius 1 is 0.968 bits per heavy atom. The molecular formula is C24H20ClFN4O. The van der Waals surface area contributed by atoms with Crippen molar-refractivity contribution < 1.29 is 9.18 Å². The van der Waals surface area contributed by atoms with Crippen molar-refractivity contribution in [1.82, 2.24) is 14.1 Å². The fourth-order valence-electron chi connectivity index (χ4n) is 3.83. The van der Waals surface area contributed by atoms with Crippen molar-refractivity contribution in [2.24, 2.45) is 7.05 Å². The summed E-state index contributed by atoms with van der Waals surface area (Å²) in [6.45, 7) is 0.484. The van der Waals surface area contributed by atoms with Crippen molar-refractivity contribution >= 4 is 45.8 Å². The van der Waals surface area contributed by atoms with Crippen LogP contribution in [0.1, 0.15) is 16.1 Å². The molecule has 0 unspecified atom stereocenters. The molecule has 3 aromatic heterocycles. The third kappa shape index (κ3) is 3.90. The van der Waals surface area contributed by atoms with Gasteiger partial charge >= 0.3 is 0 Å². The highest BCUT2D eigenvalue weighted by molar-refractivity contribution is 6.07. The minimum atomic E-state index is -0.329. The van der Waals surface area contributed by atoms with Crippen molar-refractivity contribution in [3.8, 4) is 0 Å². The van der Waals surface area contributed by atoms with E-state index in [0.29, 0.717) is 23.3 Å². The highest BCUT2D eigenvalue weighted by Crippen LogP contribution is 2.25. The third-order valence-corrected chi connectivity index (χ3v) is 5.33. The first kappa shape index (κ1) is 20.6. The van der Waals surface area contributed by atoms with Gasteiger partial charge in [0.05, 0.1) is 0 Å². The van der Waals surface area contributed by atoms with E-state index in [4.69, 9.17) is 0 Å². The second-order valence-corrected chi connectivity index (χ2v) is 7.33. The fourth-order valence-corrected chi connectivity index (χ4v) is 3.83. The normalized spacial score (nSPS) is 10.9. The maximum atomic E-state index is 13.8. The van der Waals surface area contributed by atoms with E-state index >= 15 is 0 Å². The number of amides is 1. The van der Waals surface area contributed by atoms with E-state index in [0.717, 1.165) is 22.0 Å². The topological polar surface area (TPSA) is 51.9 Å². The number of anilines is 1. The maximum absolute atomic E-state index is 13.8. The summed E-state index contributed by atoms with van der Waals surface area (Å²) in [5.41, 5.74) is 4.09. The van der Waals surface area contributed by atoms with Crippen molar-refractivity contribution in [2.75, 3.05) is 5.32 Å². The summed E-state index contributed by atoms with van der Waals surface area (Å²) < 4.78 is 17.7. The zero-order chi connectivity index (χ0) is 20.7. The number of nitrogens with zero attached hydrogens (tertiary/aromatic N) is 3. The Labute approximate surface area is 184 Å². The molecule has 0 aliphatic rings. The van der Waals surface area contributed by atoms with E-state index in [1.807, 2.05) is 58.8 Å². The van der Waals surface area contributed by atoms with E-state index in [9.17, 15) is 9.18 Å². The Morgan fingerprint density at radius 2 is 1.74 bits per heavy atom. The summed E-state index contributed by atoms with van der Waals surface area (Å²) >= 11 is 0. The number of fused-ring (bicyclic) bond motifs is 2. The zero-order valence-electron chi connectivity index (χ0n) is 16.7. The number of aromatic nitrogens is 3. The first-order valence-corrected chi connectivity index (χ1v) is 9.62. The van der Waals surface area contributed by atoms with Gasteiger partial charge in [-0.2, -0.15) is 0 Å². The average Bonchev–Trinajstić information content (AvgIpc) is 3.29. The molecule has 5 nitrogen and oxygen atoms in total. The number of aryl methyl sites for hydroxylation is 1. The second-order valence-electron chi connectivity index (χ2n) is 7.33. The summed E-state index contributed by atoms with van der Waals surface area (Å²) in [6.07, 6.45) is 5.42. The Kier molecular flexibility index (Phi) is 5.48. The first-order chi connectivity index (χ1) is 14.6. The molecule has 7 heteroatoms. The second kappa shape index (κ2) is 8.24. The first-order valence-electron chi connectivity index (χ1n) is 9.62. The van der Waals surface area contributed by atoms with Crippen LogP contribution < -0.4 is 5.32 Å². The van der Waals surface area contributed by atoms with Gasteiger partial charge in [-0.05, 0) is 66.2 Å². The van der Waals surface area contributed by atoms with Crippen LogP contribution in [0.2, 0.25) is 0 Å². The molecule has 1 amide bonds. The monoisotopic (exact) mass is 434 g/mol. The van der Waals surface area contributed by atoms with Crippen molar-refractivity contribution in [2.45, 2.75) is 6.54 Å². The van der Waals surface area contributed by atoms with Gasteiger partial charge in [0, 0.05) is 59.7 Å². The van der Waals surface area contributed by atoms with E-state index in [-0.39, 0.29) is 24.1 Å². The van der Waals surface area contributed by atoms with Gasteiger partial charge in [0.25, 0.3) is 5.91 Å². The van der Waals surface area contributed by atoms with Crippen LogP contribution >= 0.6 is 12.4 Å². The molecule has 31 heavy (non-hydrogen) atoms. The molecule has 0 radical (unpaired) electrons. The largest absolute Gasteiger partial charge is 0.351 e. The number of nitrogens with one attached hydrogen (secondary N) is 1. The van der Waals surface area contributed by atoms with Crippen molar-refractivity contribution in [3.63, 3.8) is 0 Å². The Morgan fingerprint density at radius 3 is 2.55 bits per heavy atom. The average molecular weight is 435 g/mol. The van der Waals surface area contributed by atoms with Gasteiger partial charge < -0.3 is 14.5 Å². The lowest BCUT2D eigenvalue weighted by atomic mass is 10.2. The molecule has 0 saturated heterocycles. The molecule has 1 N–H and O–H groups in total. The molecular weight excluding hydrogens is 415 g/mol. The minimum Gasteiger partial charge on any atom is -0.351 e. The summed E-state index contributed by atoms with van der Waals surface area (Å²) in [5.74, 6) is -0.569. The third-order valence-electron chi connectivity index (χ3n) is 5.33. The van der Waals surface area contributed by atoms with Gasteiger partial charge in [-0.25, -0.2) is 4.39 Å². The van der Waals surface area contributed by atoms with Crippen LogP contribution in [0.3, 0.4) is 0 Å². The van der Waals surface area contributed by atoms with E-state index in [1.54, 1.807) is 24.5 Å². The van der Waals surface area contributed by atoms with Crippen molar-refractivity contribution in [3.05, 3.63) is 96.3 Å². The van der Waals surface area contributed by atoms with Crippen LogP contribution in [-0.2, 0) is 13.6 Å². The molecule has 0 aliphatic heterocycles. The van der Waals surface area contributed by atoms with Crippen LogP contribution in [0.25, 0.3) is 21.8 Å². The summed E-state index contributed by atoms with van der Waals surface area (Å²) in [6, 6.07) is 17.9. The van der Waals surface area contributed by atoms with E-state index in [1.165, 1.54) is 12.1 Å². The highest BCUT2D eigenvalue weighted by Gasteiger charge is 2.17. The number of halogens is 2. The molecule has 0 atom stereocenters. The highest BCUT2D eigenvalue weighted by atomic mass is 35.5. The van der Waals surface area contributed by atoms with Gasteiger partial charge in [0.15, 0.2) is 0 Å². The fraction of sp³-hybridized carbons (Fsp3) is 0.0833. The van der Waals surface area contributed by atoms with Crippen LogP contribution in [-0.4, -0.2) is 20.0 Å². The molecule has 0 aliphatic carbocycles. The van der Waals surface area contributed by atoms with Gasteiger partial charge in [-0.15, -0.1) is 12.4 Å². The number of hydrogen-bond acceptors (Lipinski definition) is 2. The molecule has 5 aromatic rings. The van der Waals surface area contributed by atoms with Gasteiger partial charge in [-0.1, -0.05) is 0 Å². The van der Waals surface area contributed by atoms with Crippen LogP contribution in [0.4, 0.5) is 10.1 Å². The summed E-state index contributed by atoms with van der Waals surface area (Å²) in [7, 11) is 1.98. The lowest BCUT2D eigenvalue weighted by molar-refractivity contribution is 0.101. The molecule has 0 bridgehead atoms. The SMILES string of the molecule is Cl.Cn1ccc2cc(NC(=O)c3cc4cc(F)ccc4n3Cc3ccncc3)ccc21. The number of rotatable bonds is 4. The predicted molar refractivity (Wildman–Crippen MR) is 123 cm³/mol. The van der Waals surface area contributed by atoms with Crippen LogP contribution in [0, 0.1) is 5.82 Å². The van der Waals surface area contributed by atoms with Crippen molar-refractivity contribution in [1.29, 1.82) is 0 Å². The van der Waals surface area contributed by atoms with Crippen LogP contribution in [0.15, 0.2) is 79.3 Å². The number of hydrogen-bond donors (Lipinski definition) is 1. The number of benzene rings is 2.